The van der Waals surface area contributed by atoms with Crippen molar-refractivity contribution in [3.05, 3.63) is 23.8 Å². The number of carbonyl (C=O) groups is 2. The standard InChI is InChI=1S/C18H26FNO8/c1-2-3-4-14(22)20-12-5-6-13(11(9-12)10-19)28-18(26)15(23)16(17(24)25)27-8-7-21/h5-6,9,15-16,18,21,23,26H,2-4,7-8,10H2,1H3,(H,20,22)(H,24,25). The molecule has 1 aromatic carbocycles. The molecule has 0 saturated carbocycles. The monoisotopic (exact) mass is 403 g/mol. The first-order chi connectivity index (χ1) is 13.3. The molecule has 0 aliphatic rings. The first kappa shape index (κ1) is 23.8. The number of halogens is 1. The van der Waals surface area contributed by atoms with Gasteiger partial charge in [-0.1, -0.05) is 13.3 Å². The molecule has 0 bridgehead atoms. The SMILES string of the molecule is CCCCC(=O)Nc1ccc(OC(O)C(O)C(OCCO)C(=O)O)c(CF)c1. The van der Waals surface area contributed by atoms with Crippen LogP contribution in [0.15, 0.2) is 18.2 Å². The predicted molar refractivity (Wildman–Crippen MR) is 96.5 cm³/mol. The molecule has 9 nitrogen and oxygen atoms in total. The minimum atomic E-state index is -2.03. The Morgan fingerprint density at radius 2 is 2.00 bits per heavy atom. The molecule has 5 N–H and O–H groups in total. The third kappa shape index (κ3) is 7.39. The van der Waals surface area contributed by atoms with Crippen LogP contribution in [0.3, 0.4) is 0 Å². The number of hydrogen-bond acceptors (Lipinski definition) is 7. The van der Waals surface area contributed by atoms with Crippen molar-refractivity contribution in [1.29, 1.82) is 0 Å². The van der Waals surface area contributed by atoms with Gasteiger partial charge in [0.15, 0.2) is 12.2 Å². The molecule has 0 spiro atoms. The zero-order chi connectivity index (χ0) is 21.1. The smallest absolute Gasteiger partial charge is 0.335 e. The van der Waals surface area contributed by atoms with Crippen molar-refractivity contribution in [2.45, 2.75) is 51.4 Å². The lowest BCUT2D eigenvalue weighted by atomic mass is 10.1. The molecule has 0 saturated heterocycles. The lowest BCUT2D eigenvalue weighted by Crippen LogP contribution is -2.46. The summed E-state index contributed by atoms with van der Waals surface area (Å²) in [4.78, 5) is 22.9. The number of ether oxygens (including phenoxy) is 2. The number of rotatable bonds is 13. The maximum absolute atomic E-state index is 13.3. The summed E-state index contributed by atoms with van der Waals surface area (Å²) in [5.41, 5.74) is 0.327. The summed E-state index contributed by atoms with van der Waals surface area (Å²) < 4.78 is 23.2. The van der Waals surface area contributed by atoms with Gasteiger partial charge in [-0.25, -0.2) is 9.18 Å². The van der Waals surface area contributed by atoms with E-state index in [4.69, 9.17) is 19.7 Å². The fourth-order valence-corrected chi connectivity index (χ4v) is 2.28. The molecule has 10 heteroatoms. The van der Waals surface area contributed by atoms with Gasteiger partial charge in [-0.05, 0) is 24.6 Å². The topological polar surface area (TPSA) is 146 Å². The van der Waals surface area contributed by atoms with E-state index in [9.17, 15) is 24.2 Å². The van der Waals surface area contributed by atoms with Crippen LogP contribution in [0.5, 0.6) is 5.75 Å². The van der Waals surface area contributed by atoms with Crippen LogP contribution in [0, 0.1) is 0 Å². The van der Waals surface area contributed by atoms with Gasteiger partial charge < -0.3 is 35.2 Å². The highest BCUT2D eigenvalue weighted by atomic mass is 19.1. The molecule has 0 heterocycles. The van der Waals surface area contributed by atoms with Crippen LogP contribution < -0.4 is 10.1 Å². The number of carboxylic acids is 1. The average Bonchev–Trinajstić information content (AvgIpc) is 2.67. The highest BCUT2D eigenvalue weighted by Gasteiger charge is 2.34. The van der Waals surface area contributed by atoms with Crippen LogP contribution in [0.25, 0.3) is 0 Å². The lowest BCUT2D eigenvalue weighted by molar-refractivity contribution is -0.184. The van der Waals surface area contributed by atoms with Crippen molar-refractivity contribution in [3.8, 4) is 5.75 Å². The van der Waals surface area contributed by atoms with Crippen molar-refractivity contribution in [2.75, 3.05) is 18.5 Å². The number of aliphatic hydroxyl groups excluding tert-OH is 3. The van der Waals surface area contributed by atoms with E-state index >= 15 is 0 Å². The summed E-state index contributed by atoms with van der Waals surface area (Å²) in [5.74, 6) is -1.92. The fourth-order valence-electron chi connectivity index (χ4n) is 2.28. The first-order valence-corrected chi connectivity index (χ1v) is 8.80. The van der Waals surface area contributed by atoms with Gasteiger partial charge in [0.2, 0.25) is 12.2 Å². The van der Waals surface area contributed by atoms with E-state index < -0.39 is 37.7 Å². The molecule has 1 amide bonds. The Balaban J connectivity index is 2.83. The number of amides is 1. The van der Waals surface area contributed by atoms with Crippen molar-refractivity contribution in [2.24, 2.45) is 0 Å². The Morgan fingerprint density at radius 3 is 2.57 bits per heavy atom. The molecular weight excluding hydrogens is 377 g/mol. The largest absolute Gasteiger partial charge is 0.479 e. The predicted octanol–water partition coefficient (Wildman–Crippen LogP) is 0.805. The molecule has 158 valence electrons. The van der Waals surface area contributed by atoms with Crippen LogP contribution in [0.2, 0.25) is 0 Å². The minimum Gasteiger partial charge on any atom is -0.479 e. The van der Waals surface area contributed by atoms with Crippen molar-refractivity contribution in [1.82, 2.24) is 0 Å². The number of carboxylic acid groups (broad SMARTS) is 1. The van der Waals surface area contributed by atoms with Crippen LogP contribution in [0.4, 0.5) is 10.1 Å². The summed E-state index contributed by atoms with van der Waals surface area (Å²) in [6.45, 7) is 0.109. The Labute approximate surface area is 161 Å². The number of anilines is 1. The van der Waals surface area contributed by atoms with Gasteiger partial charge in [0.25, 0.3) is 0 Å². The van der Waals surface area contributed by atoms with Crippen LogP contribution in [-0.4, -0.2) is 64.0 Å². The number of aliphatic hydroxyl groups is 3. The van der Waals surface area contributed by atoms with E-state index in [1.165, 1.54) is 18.2 Å². The van der Waals surface area contributed by atoms with Crippen LogP contribution >= 0.6 is 0 Å². The number of aliphatic carboxylic acids is 1. The molecule has 1 rings (SSSR count). The molecule has 3 unspecified atom stereocenters. The number of alkyl halides is 1. The average molecular weight is 403 g/mol. The molecule has 0 fully saturated rings. The van der Waals surface area contributed by atoms with Gasteiger partial charge in [-0.2, -0.15) is 0 Å². The van der Waals surface area contributed by atoms with Crippen LogP contribution in [0.1, 0.15) is 31.7 Å². The second kappa shape index (κ2) is 12.2. The molecule has 1 aromatic rings. The molecule has 0 radical (unpaired) electrons. The van der Waals surface area contributed by atoms with Crippen LogP contribution in [-0.2, 0) is 21.0 Å². The number of carbonyl (C=O) groups excluding carboxylic acids is 1. The number of nitrogens with one attached hydrogen (secondary N) is 1. The van der Waals surface area contributed by atoms with E-state index in [1.54, 1.807) is 0 Å². The normalized spacial score (nSPS) is 14.2. The molecule has 3 atom stereocenters. The zero-order valence-corrected chi connectivity index (χ0v) is 15.5. The van der Waals surface area contributed by atoms with Gasteiger partial charge in [-0.15, -0.1) is 0 Å². The van der Waals surface area contributed by atoms with E-state index in [2.05, 4.69) is 5.32 Å². The minimum absolute atomic E-state index is 0.0114. The highest BCUT2D eigenvalue weighted by Crippen LogP contribution is 2.26. The summed E-state index contributed by atoms with van der Waals surface area (Å²) in [7, 11) is 0. The molecule has 0 aromatic heterocycles. The van der Waals surface area contributed by atoms with Crippen molar-refractivity contribution in [3.63, 3.8) is 0 Å². The third-order valence-corrected chi connectivity index (χ3v) is 3.73. The van der Waals surface area contributed by atoms with E-state index in [-0.39, 0.29) is 23.8 Å². The Kier molecular flexibility index (Phi) is 10.4. The Morgan fingerprint density at radius 1 is 1.29 bits per heavy atom. The second-order valence-electron chi connectivity index (χ2n) is 5.96. The summed E-state index contributed by atoms with van der Waals surface area (Å²) >= 11 is 0. The first-order valence-electron chi connectivity index (χ1n) is 8.80. The Bertz CT molecular complexity index is 642. The Hall–Kier alpha value is -2.27. The van der Waals surface area contributed by atoms with E-state index in [1.807, 2.05) is 6.92 Å². The van der Waals surface area contributed by atoms with Gasteiger partial charge >= 0.3 is 5.97 Å². The maximum Gasteiger partial charge on any atom is 0.335 e. The van der Waals surface area contributed by atoms with E-state index in [0.29, 0.717) is 12.1 Å². The quantitative estimate of drug-likeness (QED) is 0.304. The van der Waals surface area contributed by atoms with Gasteiger partial charge in [0.05, 0.1) is 13.2 Å². The molecular formula is C18H26FNO8. The van der Waals surface area contributed by atoms with Gasteiger partial charge in [-0.3, -0.25) is 4.79 Å². The molecule has 0 aliphatic carbocycles. The maximum atomic E-state index is 13.3. The summed E-state index contributed by atoms with van der Waals surface area (Å²) in [5, 5.41) is 40.2. The highest BCUT2D eigenvalue weighted by molar-refractivity contribution is 5.90. The third-order valence-electron chi connectivity index (χ3n) is 3.73. The van der Waals surface area contributed by atoms with Crippen molar-refractivity contribution < 1.29 is 43.9 Å². The summed E-state index contributed by atoms with van der Waals surface area (Å²) in [6.07, 6.45) is -3.98. The van der Waals surface area contributed by atoms with E-state index in [0.717, 1.165) is 12.8 Å². The number of hydrogen-bond donors (Lipinski definition) is 5. The number of benzene rings is 1. The lowest BCUT2D eigenvalue weighted by Gasteiger charge is -2.25. The fraction of sp³-hybridized carbons (Fsp3) is 0.556. The molecule has 0 aliphatic heterocycles. The summed E-state index contributed by atoms with van der Waals surface area (Å²) in [6, 6.07) is 4.02. The van der Waals surface area contributed by atoms with Crippen molar-refractivity contribution >= 4 is 17.6 Å². The van der Waals surface area contributed by atoms with Gasteiger partial charge in [0.1, 0.15) is 12.4 Å². The second-order valence-corrected chi connectivity index (χ2v) is 5.96. The number of unbranched alkanes of at least 4 members (excludes halogenated alkanes) is 1. The zero-order valence-electron chi connectivity index (χ0n) is 15.5. The molecule has 28 heavy (non-hydrogen) atoms. The van der Waals surface area contributed by atoms with Gasteiger partial charge in [0, 0.05) is 17.7 Å².